The summed E-state index contributed by atoms with van der Waals surface area (Å²) in [7, 11) is 0. The van der Waals surface area contributed by atoms with Crippen LogP contribution in [0.3, 0.4) is 0 Å². The van der Waals surface area contributed by atoms with Gasteiger partial charge < -0.3 is 14.6 Å². The number of carbonyl (C=O) groups is 3. The zero-order valence-electron chi connectivity index (χ0n) is 17.8. The first-order valence-electron chi connectivity index (χ1n) is 10.0. The molecule has 9 heteroatoms. The van der Waals surface area contributed by atoms with Crippen LogP contribution in [0.5, 0.6) is 0 Å². The Bertz CT molecular complexity index is 1130. The molecule has 1 heterocycles. The number of aromatic nitrogens is 1. The van der Waals surface area contributed by atoms with Crippen LogP contribution in [0.25, 0.3) is 5.57 Å². The Kier molecular flexibility index (Phi) is 8.31. The van der Waals surface area contributed by atoms with E-state index in [0.29, 0.717) is 0 Å². The third-order valence-corrected chi connectivity index (χ3v) is 5.20. The number of thiazole rings is 1. The van der Waals surface area contributed by atoms with E-state index in [-0.39, 0.29) is 29.6 Å². The maximum absolute atomic E-state index is 12.3. The number of aliphatic carboxylic acids is 1. The smallest absolute Gasteiger partial charge is 0.413 e. The Morgan fingerprint density at radius 2 is 1.58 bits per heavy atom. The van der Waals surface area contributed by atoms with Gasteiger partial charge in [-0.15, -0.1) is 11.3 Å². The highest BCUT2D eigenvalue weighted by molar-refractivity contribution is 7.14. The summed E-state index contributed by atoms with van der Waals surface area (Å²) in [5.74, 6) is -2.62. The summed E-state index contributed by atoms with van der Waals surface area (Å²) in [4.78, 5) is 40.2. The number of hydrogen-bond donors (Lipinski definition) is 2. The van der Waals surface area contributed by atoms with Crippen molar-refractivity contribution < 1.29 is 29.0 Å². The van der Waals surface area contributed by atoms with Crippen LogP contribution in [-0.2, 0) is 32.3 Å². The van der Waals surface area contributed by atoms with Crippen molar-refractivity contribution in [2.24, 2.45) is 5.92 Å². The van der Waals surface area contributed by atoms with Crippen molar-refractivity contribution >= 4 is 40.1 Å². The van der Waals surface area contributed by atoms with E-state index in [2.05, 4.69) is 10.3 Å². The van der Waals surface area contributed by atoms with Crippen molar-refractivity contribution in [1.29, 1.82) is 0 Å². The maximum Gasteiger partial charge on any atom is 0.413 e. The van der Waals surface area contributed by atoms with Gasteiger partial charge in [-0.1, -0.05) is 66.7 Å². The van der Waals surface area contributed by atoms with Gasteiger partial charge in [0.25, 0.3) is 0 Å². The molecule has 2 aromatic carbocycles. The molecule has 0 fully saturated rings. The summed E-state index contributed by atoms with van der Waals surface area (Å²) in [5, 5.41) is 13.7. The van der Waals surface area contributed by atoms with Crippen LogP contribution in [0.2, 0.25) is 0 Å². The zero-order chi connectivity index (χ0) is 23.6. The minimum atomic E-state index is -1.25. The van der Waals surface area contributed by atoms with Gasteiger partial charge in [0, 0.05) is 5.38 Å². The number of benzene rings is 2. The van der Waals surface area contributed by atoms with Gasteiger partial charge in [0.1, 0.15) is 13.2 Å². The molecule has 8 nitrogen and oxygen atoms in total. The van der Waals surface area contributed by atoms with E-state index in [1.54, 1.807) is 6.92 Å². The van der Waals surface area contributed by atoms with E-state index in [4.69, 9.17) is 9.47 Å². The number of ether oxygens (including phenoxy) is 2. The van der Waals surface area contributed by atoms with Crippen molar-refractivity contribution in [2.45, 2.75) is 20.1 Å². The molecule has 1 atom stereocenters. The summed E-state index contributed by atoms with van der Waals surface area (Å²) in [6.07, 6.45) is 0.570. The summed E-state index contributed by atoms with van der Waals surface area (Å²) < 4.78 is 10.4. The Hall–Kier alpha value is -3.98. The maximum atomic E-state index is 12.3. The lowest BCUT2D eigenvalue weighted by molar-refractivity contribution is -0.147. The summed E-state index contributed by atoms with van der Waals surface area (Å²) in [5.41, 5.74) is 1.61. The highest BCUT2D eigenvalue weighted by Gasteiger charge is 2.20. The van der Waals surface area contributed by atoms with Crippen LogP contribution in [0.4, 0.5) is 9.93 Å². The van der Waals surface area contributed by atoms with Crippen molar-refractivity contribution in [3.8, 4) is 0 Å². The molecule has 1 aromatic heterocycles. The SMILES string of the molecule is CC(C=C(C(=O)O)c1csc(NC(=O)OCc2ccccc2)n1)C(=O)OCc1ccccc1. The second-order valence-corrected chi connectivity index (χ2v) is 7.85. The lowest BCUT2D eigenvalue weighted by atomic mass is 10.1. The molecule has 0 spiro atoms. The van der Waals surface area contributed by atoms with Gasteiger partial charge in [-0.25, -0.2) is 14.6 Å². The molecule has 3 rings (SSSR count). The number of carbonyl (C=O) groups excluding carboxylic acids is 2. The number of amides is 1. The molecule has 33 heavy (non-hydrogen) atoms. The molecule has 0 aliphatic heterocycles. The lowest BCUT2D eigenvalue weighted by Crippen LogP contribution is -2.15. The molecule has 0 aliphatic carbocycles. The number of carboxylic acid groups (broad SMARTS) is 1. The van der Waals surface area contributed by atoms with Gasteiger partial charge in [-0.3, -0.25) is 10.1 Å². The highest BCUT2D eigenvalue weighted by Crippen LogP contribution is 2.24. The lowest BCUT2D eigenvalue weighted by Gasteiger charge is -2.09. The molecular weight excluding hydrogens is 444 g/mol. The first-order valence-corrected chi connectivity index (χ1v) is 10.9. The molecule has 1 amide bonds. The Balaban J connectivity index is 1.59. The predicted octanol–water partition coefficient (Wildman–Crippen LogP) is 4.74. The fourth-order valence-electron chi connectivity index (χ4n) is 2.75. The Morgan fingerprint density at radius 1 is 1.00 bits per heavy atom. The van der Waals surface area contributed by atoms with Gasteiger partial charge in [-0.05, 0) is 18.1 Å². The fourth-order valence-corrected chi connectivity index (χ4v) is 3.44. The fraction of sp³-hybridized carbons (Fsp3) is 0.167. The normalized spacial score (nSPS) is 12.0. The molecule has 0 saturated carbocycles. The van der Waals surface area contributed by atoms with Crippen molar-refractivity contribution in [2.75, 3.05) is 5.32 Å². The third-order valence-electron chi connectivity index (χ3n) is 4.44. The first kappa shape index (κ1) is 23.7. The summed E-state index contributed by atoms with van der Waals surface area (Å²) >= 11 is 1.04. The van der Waals surface area contributed by atoms with E-state index >= 15 is 0 Å². The number of nitrogens with zero attached hydrogens (tertiary/aromatic N) is 1. The van der Waals surface area contributed by atoms with Gasteiger partial charge in [-0.2, -0.15) is 0 Å². The molecule has 170 valence electrons. The van der Waals surface area contributed by atoms with Crippen molar-refractivity contribution in [3.63, 3.8) is 0 Å². The van der Waals surface area contributed by atoms with Crippen LogP contribution in [0.1, 0.15) is 23.7 Å². The van der Waals surface area contributed by atoms with E-state index in [0.717, 1.165) is 22.5 Å². The predicted molar refractivity (Wildman–Crippen MR) is 123 cm³/mol. The molecule has 3 aromatic rings. The third kappa shape index (κ3) is 7.29. The minimum absolute atomic E-state index is 0.0911. The van der Waals surface area contributed by atoms with Crippen LogP contribution >= 0.6 is 11.3 Å². The van der Waals surface area contributed by atoms with Gasteiger partial charge in [0.05, 0.1) is 17.2 Å². The van der Waals surface area contributed by atoms with E-state index in [1.807, 2.05) is 60.7 Å². The van der Waals surface area contributed by atoms with Crippen LogP contribution in [-0.4, -0.2) is 28.1 Å². The number of nitrogens with one attached hydrogen (secondary N) is 1. The molecule has 2 N–H and O–H groups in total. The second-order valence-electron chi connectivity index (χ2n) is 6.99. The van der Waals surface area contributed by atoms with Crippen molar-refractivity contribution in [3.05, 3.63) is 88.9 Å². The molecule has 0 saturated heterocycles. The molecule has 0 aliphatic rings. The van der Waals surface area contributed by atoms with Gasteiger partial charge >= 0.3 is 18.0 Å². The first-order chi connectivity index (χ1) is 15.9. The number of anilines is 1. The monoisotopic (exact) mass is 466 g/mol. The number of esters is 1. The van der Waals surface area contributed by atoms with E-state index < -0.39 is 23.9 Å². The van der Waals surface area contributed by atoms with E-state index in [1.165, 1.54) is 11.5 Å². The zero-order valence-corrected chi connectivity index (χ0v) is 18.6. The average molecular weight is 467 g/mol. The number of hydrogen-bond acceptors (Lipinski definition) is 7. The van der Waals surface area contributed by atoms with Crippen LogP contribution in [0.15, 0.2) is 72.1 Å². The molecule has 0 radical (unpaired) electrons. The average Bonchev–Trinajstić information content (AvgIpc) is 3.28. The highest BCUT2D eigenvalue weighted by atomic mass is 32.1. The second kappa shape index (κ2) is 11.6. The topological polar surface area (TPSA) is 115 Å². The van der Waals surface area contributed by atoms with E-state index in [9.17, 15) is 19.5 Å². The van der Waals surface area contributed by atoms with Crippen molar-refractivity contribution in [1.82, 2.24) is 4.98 Å². The van der Waals surface area contributed by atoms with Crippen LogP contribution < -0.4 is 5.32 Å². The van der Waals surface area contributed by atoms with Gasteiger partial charge in [0.15, 0.2) is 5.13 Å². The molecule has 0 bridgehead atoms. The number of rotatable bonds is 9. The molecular formula is C24H22N2O6S. The van der Waals surface area contributed by atoms with Crippen LogP contribution in [0, 0.1) is 5.92 Å². The number of carboxylic acids is 1. The van der Waals surface area contributed by atoms with Gasteiger partial charge in [0.2, 0.25) is 0 Å². The largest absolute Gasteiger partial charge is 0.478 e. The Labute approximate surface area is 194 Å². The summed E-state index contributed by atoms with van der Waals surface area (Å²) in [6, 6.07) is 18.4. The summed E-state index contributed by atoms with van der Waals surface area (Å²) in [6.45, 7) is 1.73. The Morgan fingerprint density at radius 3 is 2.15 bits per heavy atom. The minimum Gasteiger partial charge on any atom is -0.478 e. The molecule has 1 unspecified atom stereocenters. The quantitative estimate of drug-likeness (QED) is 0.346. The standard InChI is InChI=1S/C24H22N2O6S/c1-16(22(29)31-13-17-8-4-2-5-9-17)12-19(21(27)28)20-15-33-23(25-20)26-24(30)32-14-18-10-6-3-7-11-18/h2-12,15-16H,13-14H2,1H3,(H,27,28)(H,25,26,30).